The SMILES string of the molecule is CCOc1cc(CN2CCN(C(=O)OC(C)(C)C)CC2)cc(C=O)c1O. The van der Waals surface area contributed by atoms with E-state index in [0.29, 0.717) is 51.4 Å². The first-order chi connectivity index (χ1) is 12.2. The van der Waals surface area contributed by atoms with Crippen molar-refractivity contribution in [3.05, 3.63) is 23.3 Å². The smallest absolute Gasteiger partial charge is 0.410 e. The maximum Gasteiger partial charge on any atom is 0.410 e. The number of hydrogen-bond donors (Lipinski definition) is 1. The molecule has 1 aliphatic heterocycles. The van der Waals surface area contributed by atoms with E-state index in [1.807, 2.05) is 27.7 Å². The van der Waals surface area contributed by atoms with Gasteiger partial charge in [0.2, 0.25) is 0 Å². The average molecular weight is 364 g/mol. The monoisotopic (exact) mass is 364 g/mol. The molecule has 0 aromatic heterocycles. The van der Waals surface area contributed by atoms with E-state index >= 15 is 0 Å². The molecule has 1 aromatic rings. The van der Waals surface area contributed by atoms with Crippen LogP contribution in [0.1, 0.15) is 43.6 Å². The van der Waals surface area contributed by atoms with Crippen LogP contribution >= 0.6 is 0 Å². The van der Waals surface area contributed by atoms with E-state index in [0.717, 1.165) is 5.56 Å². The standard InChI is InChI=1S/C19H28N2O5/c1-5-25-16-11-14(10-15(13-22)17(16)23)12-20-6-8-21(9-7-20)18(24)26-19(2,3)4/h10-11,13,23H,5-9,12H2,1-4H3. The van der Waals surface area contributed by atoms with Crippen molar-refractivity contribution in [1.82, 2.24) is 9.80 Å². The second-order valence-electron chi connectivity index (χ2n) is 7.33. The Kier molecular flexibility index (Phi) is 6.47. The first-order valence-corrected chi connectivity index (χ1v) is 8.87. The van der Waals surface area contributed by atoms with E-state index in [1.165, 1.54) is 0 Å². The third-order valence-corrected chi connectivity index (χ3v) is 4.02. The van der Waals surface area contributed by atoms with Gasteiger partial charge in [0.25, 0.3) is 0 Å². The molecule has 1 aromatic carbocycles. The van der Waals surface area contributed by atoms with E-state index in [9.17, 15) is 14.7 Å². The first-order valence-electron chi connectivity index (χ1n) is 8.87. The highest BCUT2D eigenvalue weighted by Gasteiger charge is 2.26. The molecule has 1 amide bonds. The third-order valence-electron chi connectivity index (χ3n) is 4.02. The minimum atomic E-state index is -0.499. The van der Waals surface area contributed by atoms with Crippen LogP contribution in [0, 0.1) is 0 Å². The number of aromatic hydroxyl groups is 1. The highest BCUT2D eigenvalue weighted by Crippen LogP contribution is 2.31. The second kappa shape index (κ2) is 8.40. The molecule has 1 N–H and O–H groups in total. The van der Waals surface area contributed by atoms with Crippen LogP contribution < -0.4 is 4.74 Å². The lowest BCUT2D eigenvalue weighted by molar-refractivity contribution is 0.0139. The number of phenols is 1. The number of ether oxygens (including phenoxy) is 2. The van der Waals surface area contributed by atoms with Crippen LogP contribution in [0.3, 0.4) is 0 Å². The van der Waals surface area contributed by atoms with Crippen molar-refractivity contribution in [3.8, 4) is 11.5 Å². The molecule has 144 valence electrons. The minimum Gasteiger partial charge on any atom is -0.504 e. The Balaban J connectivity index is 1.98. The fourth-order valence-electron chi connectivity index (χ4n) is 2.81. The fraction of sp³-hybridized carbons (Fsp3) is 0.579. The van der Waals surface area contributed by atoms with Crippen LogP contribution in [0.25, 0.3) is 0 Å². The Labute approximate surface area is 154 Å². The zero-order valence-corrected chi connectivity index (χ0v) is 15.9. The van der Waals surface area contributed by atoms with Gasteiger partial charge in [0.15, 0.2) is 17.8 Å². The number of aldehydes is 1. The van der Waals surface area contributed by atoms with Crippen LogP contribution in [0.15, 0.2) is 12.1 Å². The number of amides is 1. The van der Waals surface area contributed by atoms with Crippen LogP contribution in [0.4, 0.5) is 4.79 Å². The van der Waals surface area contributed by atoms with Crippen LogP contribution in [0.2, 0.25) is 0 Å². The summed E-state index contributed by atoms with van der Waals surface area (Å²) in [6.07, 6.45) is 0.339. The summed E-state index contributed by atoms with van der Waals surface area (Å²) >= 11 is 0. The zero-order chi connectivity index (χ0) is 19.3. The molecule has 0 saturated carbocycles. The largest absolute Gasteiger partial charge is 0.504 e. The fourth-order valence-corrected chi connectivity index (χ4v) is 2.81. The van der Waals surface area contributed by atoms with Crippen molar-refractivity contribution >= 4 is 12.4 Å². The van der Waals surface area contributed by atoms with Gasteiger partial charge in [0.1, 0.15) is 5.60 Å². The lowest BCUT2D eigenvalue weighted by Crippen LogP contribution is -2.49. The van der Waals surface area contributed by atoms with Gasteiger partial charge in [0.05, 0.1) is 12.2 Å². The summed E-state index contributed by atoms with van der Waals surface area (Å²) in [4.78, 5) is 27.2. The molecule has 1 aliphatic rings. The van der Waals surface area contributed by atoms with Gasteiger partial charge in [-0.3, -0.25) is 9.69 Å². The molecule has 2 rings (SSSR count). The maximum absolute atomic E-state index is 12.1. The van der Waals surface area contributed by atoms with Crippen LogP contribution in [-0.4, -0.2) is 65.7 Å². The first kappa shape index (κ1) is 20.0. The highest BCUT2D eigenvalue weighted by molar-refractivity contribution is 5.81. The Morgan fingerprint density at radius 3 is 2.42 bits per heavy atom. The lowest BCUT2D eigenvalue weighted by atomic mass is 10.1. The molecule has 0 spiro atoms. The summed E-state index contributed by atoms with van der Waals surface area (Å²) in [5.41, 5.74) is 0.610. The summed E-state index contributed by atoms with van der Waals surface area (Å²) in [6, 6.07) is 3.43. The van der Waals surface area contributed by atoms with Crippen molar-refractivity contribution in [3.63, 3.8) is 0 Å². The van der Waals surface area contributed by atoms with Gasteiger partial charge >= 0.3 is 6.09 Å². The number of phenolic OH excluding ortho intramolecular Hbond substituents is 1. The molecular formula is C19H28N2O5. The normalized spacial score (nSPS) is 15.6. The van der Waals surface area contributed by atoms with E-state index in [4.69, 9.17) is 9.47 Å². The molecule has 0 bridgehead atoms. The molecule has 7 nitrogen and oxygen atoms in total. The molecular weight excluding hydrogens is 336 g/mol. The summed E-state index contributed by atoms with van der Waals surface area (Å²) < 4.78 is 10.8. The van der Waals surface area contributed by atoms with E-state index in [-0.39, 0.29) is 17.4 Å². The van der Waals surface area contributed by atoms with Crippen molar-refractivity contribution < 1.29 is 24.2 Å². The molecule has 1 saturated heterocycles. The number of carbonyl (C=O) groups is 2. The van der Waals surface area contributed by atoms with Gasteiger partial charge in [0, 0.05) is 32.7 Å². The Morgan fingerprint density at radius 2 is 1.88 bits per heavy atom. The number of nitrogens with zero attached hydrogens (tertiary/aromatic N) is 2. The summed E-state index contributed by atoms with van der Waals surface area (Å²) in [7, 11) is 0. The average Bonchev–Trinajstić information content (AvgIpc) is 2.57. The second-order valence-corrected chi connectivity index (χ2v) is 7.33. The number of benzene rings is 1. The van der Waals surface area contributed by atoms with Gasteiger partial charge in [-0.2, -0.15) is 0 Å². The topological polar surface area (TPSA) is 79.3 Å². The molecule has 26 heavy (non-hydrogen) atoms. The van der Waals surface area contributed by atoms with Gasteiger partial charge in [-0.05, 0) is 45.4 Å². The summed E-state index contributed by atoms with van der Waals surface area (Å²) in [6.45, 7) is 11.0. The molecule has 1 heterocycles. The molecule has 0 atom stereocenters. The molecule has 7 heteroatoms. The quantitative estimate of drug-likeness (QED) is 0.809. The predicted molar refractivity (Wildman–Crippen MR) is 97.7 cm³/mol. The molecule has 0 aliphatic carbocycles. The molecule has 0 unspecified atom stereocenters. The number of rotatable bonds is 5. The van der Waals surface area contributed by atoms with Gasteiger partial charge in [-0.25, -0.2) is 4.79 Å². The zero-order valence-electron chi connectivity index (χ0n) is 15.9. The number of hydrogen-bond acceptors (Lipinski definition) is 6. The van der Waals surface area contributed by atoms with Crippen molar-refractivity contribution in [2.24, 2.45) is 0 Å². The van der Waals surface area contributed by atoms with Crippen LogP contribution in [-0.2, 0) is 11.3 Å². The molecule has 0 radical (unpaired) electrons. The summed E-state index contributed by atoms with van der Waals surface area (Å²) in [5.74, 6) is 0.194. The molecule has 1 fully saturated rings. The van der Waals surface area contributed by atoms with Crippen molar-refractivity contribution in [1.29, 1.82) is 0 Å². The Hall–Kier alpha value is -2.28. The highest BCUT2D eigenvalue weighted by atomic mass is 16.6. The van der Waals surface area contributed by atoms with E-state index < -0.39 is 5.60 Å². The van der Waals surface area contributed by atoms with Crippen LogP contribution in [0.5, 0.6) is 11.5 Å². The van der Waals surface area contributed by atoms with Crippen molar-refractivity contribution in [2.45, 2.75) is 39.8 Å². The van der Waals surface area contributed by atoms with Gasteiger partial charge < -0.3 is 19.5 Å². The maximum atomic E-state index is 12.1. The van der Waals surface area contributed by atoms with Crippen molar-refractivity contribution in [2.75, 3.05) is 32.8 Å². The van der Waals surface area contributed by atoms with E-state index in [2.05, 4.69) is 4.90 Å². The number of carbonyl (C=O) groups excluding carboxylic acids is 2. The Morgan fingerprint density at radius 1 is 1.23 bits per heavy atom. The van der Waals surface area contributed by atoms with E-state index in [1.54, 1.807) is 17.0 Å². The van der Waals surface area contributed by atoms with Gasteiger partial charge in [-0.1, -0.05) is 0 Å². The lowest BCUT2D eigenvalue weighted by Gasteiger charge is -2.35. The third kappa shape index (κ3) is 5.36. The predicted octanol–water partition coefficient (Wildman–Crippen LogP) is 2.66. The minimum absolute atomic E-state index is 0.125. The summed E-state index contributed by atoms with van der Waals surface area (Å²) in [5, 5.41) is 10.0. The Bertz CT molecular complexity index is 646. The number of piperazine rings is 1. The van der Waals surface area contributed by atoms with Gasteiger partial charge in [-0.15, -0.1) is 0 Å².